The lowest BCUT2D eigenvalue weighted by Crippen LogP contribution is -2.47. The summed E-state index contributed by atoms with van der Waals surface area (Å²) in [6.45, 7) is 2.22. The summed E-state index contributed by atoms with van der Waals surface area (Å²) in [6.07, 6.45) is 6.51. The van der Waals surface area contributed by atoms with Crippen molar-refractivity contribution in [1.29, 1.82) is 0 Å². The molecule has 1 aliphatic rings. The standard InChI is InChI=1S/C16H25NO/c1-2-14(12-13-8-4-3-5-9-13)17-15-10-6-7-11-16(15)18/h3-5,8-9,14-18H,2,6-7,10-12H2,1H3. The molecule has 1 aliphatic carbocycles. The van der Waals surface area contributed by atoms with E-state index in [1.54, 1.807) is 0 Å². The van der Waals surface area contributed by atoms with Gasteiger partial charge in [0.2, 0.25) is 0 Å². The van der Waals surface area contributed by atoms with Gasteiger partial charge in [-0.1, -0.05) is 50.1 Å². The van der Waals surface area contributed by atoms with Crippen molar-refractivity contribution in [3.05, 3.63) is 35.9 Å². The van der Waals surface area contributed by atoms with Crippen molar-refractivity contribution in [2.45, 2.75) is 63.6 Å². The third kappa shape index (κ3) is 3.82. The molecule has 0 radical (unpaired) electrons. The van der Waals surface area contributed by atoms with E-state index < -0.39 is 0 Å². The maximum Gasteiger partial charge on any atom is 0.0693 e. The number of nitrogens with one attached hydrogen (secondary N) is 1. The van der Waals surface area contributed by atoms with Gasteiger partial charge in [-0.2, -0.15) is 0 Å². The Kier molecular flexibility index (Phi) is 5.21. The Hall–Kier alpha value is -0.860. The number of aliphatic hydroxyl groups excluding tert-OH is 1. The van der Waals surface area contributed by atoms with Crippen LogP contribution >= 0.6 is 0 Å². The first-order chi connectivity index (χ1) is 8.79. The summed E-state index contributed by atoms with van der Waals surface area (Å²) in [4.78, 5) is 0. The molecule has 2 rings (SSSR count). The minimum atomic E-state index is -0.149. The highest BCUT2D eigenvalue weighted by molar-refractivity contribution is 5.15. The molecule has 2 N–H and O–H groups in total. The molecule has 0 aliphatic heterocycles. The highest BCUT2D eigenvalue weighted by Gasteiger charge is 2.24. The quantitative estimate of drug-likeness (QED) is 0.838. The second-order valence-corrected chi connectivity index (χ2v) is 5.42. The number of hydrogen-bond donors (Lipinski definition) is 2. The first-order valence-electron chi connectivity index (χ1n) is 7.27. The largest absolute Gasteiger partial charge is 0.392 e. The molecule has 0 saturated heterocycles. The number of aliphatic hydroxyl groups is 1. The van der Waals surface area contributed by atoms with Crippen molar-refractivity contribution in [3.8, 4) is 0 Å². The van der Waals surface area contributed by atoms with E-state index in [0.717, 1.165) is 25.7 Å². The Morgan fingerprint density at radius 3 is 2.61 bits per heavy atom. The molecular formula is C16H25NO. The van der Waals surface area contributed by atoms with Gasteiger partial charge in [-0.15, -0.1) is 0 Å². The minimum Gasteiger partial charge on any atom is -0.392 e. The van der Waals surface area contributed by atoms with Crippen LogP contribution in [0.1, 0.15) is 44.6 Å². The predicted octanol–water partition coefficient (Wildman–Crippen LogP) is 2.90. The summed E-state index contributed by atoms with van der Waals surface area (Å²) >= 11 is 0. The normalized spacial score (nSPS) is 25.9. The maximum atomic E-state index is 10.0. The summed E-state index contributed by atoms with van der Waals surface area (Å²) in [5.41, 5.74) is 1.38. The fourth-order valence-corrected chi connectivity index (χ4v) is 2.83. The molecule has 0 amide bonds. The molecule has 100 valence electrons. The number of hydrogen-bond acceptors (Lipinski definition) is 2. The average Bonchev–Trinajstić information content (AvgIpc) is 2.41. The molecule has 1 aromatic carbocycles. The van der Waals surface area contributed by atoms with Gasteiger partial charge in [-0.3, -0.25) is 0 Å². The van der Waals surface area contributed by atoms with Crippen LogP contribution in [-0.2, 0) is 6.42 Å². The SMILES string of the molecule is CCC(Cc1ccccc1)NC1CCCCC1O. The molecule has 0 aromatic heterocycles. The Morgan fingerprint density at radius 2 is 1.94 bits per heavy atom. The molecule has 2 heteroatoms. The van der Waals surface area contributed by atoms with Crippen molar-refractivity contribution in [2.75, 3.05) is 0 Å². The minimum absolute atomic E-state index is 0.149. The lowest BCUT2D eigenvalue weighted by Gasteiger charge is -2.32. The molecule has 0 spiro atoms. The Labute approximate surface area is 110 Å². The van der Waals surface area contributed by atoms with Gasteiger partial charge in [-0.05, 0) is 31.2 Å². The highest BCUT2D eigenvalue weighted by atomic mass is 16.3. The van der Waals surface area contributed by atoms with E-state index in [2.05, 4.69) is 42.6 Å². The number of rotatable bonds is 5. The zero-order valence-corrected chi connectivity index (χ0v) is 11.3. The third-order valence-electron chi connectivity index (χ3n) is 4.00. The Bertz CT molecular complexity index is 338. The summed E-state index contributed by atoms with van der Waals surface area (Å²) < 4.78 is 0. The van der Waals surface area contributed by atoms with Crippen LogP contribution in [0.3, 0.4) is 0 Å². The summed E-state index contributed by atoms with van der Waals surface area (Å²) in [6, 6.07) is 11.4. The molecule has 18 heavy (non-hydrogen) atoms. The van der Waals surface area contributed by atoms with Crippen LogP contribution in [0.4, 0.5) is 0 Å². The van der Waals surface area contributed by atoms with Crippen molar-refractivity contribution in [1.82, 2.24) is 5.32 Å². The van der Waals surface area contributed by atoms with Crippen molar-refractivity contribution < 1.29 is 5.11 Å². The fourth-order valence-electron chi connectivity index (χ4n) is 2.83. The van der Waals surface area contributed by atoms with Crippen LogP contribution in [0.2, 0.25) is 0 Å². The van der Waals surface area contributed by atoms with Gasteiger partial charge in [0.25, 0.3) is 0 Å². The van der Waals surface area contributed by atoms with E-state index in [1.807, 2.05) is 0 Å². The van der Waals surface area contributed by atoms with Crippen LogP contribution < -0.4 is 5.32 Å². The molecule has 3 atom stereocenters. The second-order valence-electron chi connectivity index (χ2n) is 5.42. The summed E-state index contributed by atoms with van der Waals surface area (Å²) in [5, 5.41) is 13.7. The van der Waals surface area contributed by atoms with Crippen LogP contribution in [0.15, 0.2) is 30.3 Å². The van der Waals surface area contributed by atoms with Crippen LogP contribution in [0.25, 0.3) is 0 Å². The first-order valence-corrected chi connectivity index (χ1v) is 7.27. The highest BCUT2D eigenvalue weighted by Crippen LogP contribution is 2.19. The van der Waals surface area contributed by atoms with Crippen molar-refractivity contribution >= 4 is 0 Å². The molecule has 0 bridgehead atoms. The van der Waals surface area contributed by atoms with Gasteiger partial charge in [0.15, 0.2) is 0 Å². The molecular weight excluding hydrogens is 222 g/mol. The molecule has 1 fully saturated rings. The van der Waals surface area contributed by atoms with Gasteiger partial charge >= 0.3 is 0 Å². The lowest BCUT2D eigenvalue weighted by atomic mass is 9.91. The van der Waals surface area contributed by atoms with Gasteiger partial charge in [-0.25, -0.2) is 0 Å². The van der Waals surface area contributed by atoms with Gasteiger partial charge in [0, 0.05) is 12.1 Å². The topological polar surface area (TPSA) is 32.3 Å². The predicted molar refractivity (Wildman–Crippen MR) is 75.6 cm³/mol. The number of benzene rings is 1. The van der Waals surface area contributed by atoms with Gasteiger partial charge < -0.3 is 10.4 Å². The average molecular weight is 247 g/mol. The van der Waals surface area contributed by atoms with E-state index in [9.17, 15) is 5.11 Å². The lowest BCUT2D eigenvalue weighted by molar-refractivity contribution is 0.0844. The monoisotopic (exact) mass is 247 g/mol. The zero-order chi connectivity index (χ0) is 12.8. The van der Waals surface area contributed by atoms with Gasteiger partial charge in [0.05, 0.1) is 6.10 Å². The molecule has 0 heterocycles. The van der Waals surface area contributed by atoms with Crippen LogP contribution in [0.5, 0.6) is 0 Å². The van der Waals surface area contributed by atoms with Crippen molar-refractivity contribution in [2.24, 2.45) is 0 Å². The Balaban J connectivity index is 1.88. The maximum absolute atomic E-state index is 10.0. The van der Waals surface area contributed by atoms with E-state index in [-0.39, 0.29) is 6.10 Å². The first kappa shape index (κ1) is 13.6. The molecule has 2 nitrogen and oxygen atoms in total. The molecule has 1 aromatic rings. The molecule has 3 unspecified atom stereocenters. The summed E-state index contributed by atoms with van der Waals surface area (Å²) in [7, 11) is 0. The fraction of sp³-hybridized carbons (Fsp3) is 0.625. The van der Waals surface area contributed by atoms with E-state index in [0.29, 0.717) is 12.1 Å². The van der Waals surface area contributed by atoms with E-state index in [4.69, 9.17) is 0 Å². The third-order valence-corrected chi connectivity index (χ3v) is 4.00. The zero-order valence-electron chi connectivity index (χ0n) is 11.3. The van der Waals surface area contributed by atoms with E-state index in [1.165, 1.54) is 18.4 Å². The Morgan fingerprint density at radius 1 is 1.22 bits per heavy atom. The van der Waals surface area contributed by atoms with Crippen LogP contribution in [-0.4, -0.2) is 23.3 Å². The summed E-state index contributed by atoms with van der Waals surface area (Å²) in [5.74, 6) is 0. The smallest absolute Gasteiger partial charge is 0.0693 e. The van der Waals surface area contributed by atoms with E-state index >= 15 is 0 Å². The van der Waals surface area contributed by atoms with Gasteiger partial charge in [0.1, 0.15) is 0 Å². The van der Waals surface area contributed by atoms with Crippen molar-refractivity contribution in [3.63, 3.8) is 0 Å². The molecule has 1 saturated carbocycles. The van der Waals surface area contributed by atoms with Crippen LogP contribution in [0, 0.1) is 0 Å². The second kappa shape index (κ2) is 6.91.